The van der Waals surface area contributed by atoms with Gasteiger partial charge >= 0.3 is 6.03 Å². The summed E-state index contributed by atoms with van der Waals surface area (Å²) in [5, 5.41) is 3.30. The quantitative estimate of drug-likeness (QED) is 0.677. The lowest BCUT2D eigenvalue weighted by Crippen LogP contribution is -2.62. The minimum Gasteiger partial charge on any atom is -0.329 e. The molecule has 1 heterocycles. The Hall–Kier alpha value is -1.30. The fraction of sp³-hybridized carbons (Fsp3) is 0.778. The average molecular weight is 213 g/mol. The first-order valence-corrected chi connectivity index (χ1v) is 4.99. The lowest BCUT2D eigenvalue weighted by molar-refractivity contribution is 0.0679. The van der Waals surface area contributed by atoms with Crippen LogP contribution < -0.4 is 5.73 Å². The van der Waals surface area contributed by atoms with Crippen molar-refractivity contribution in [1.82, 2.24) is 14.9 Å². The first-order valence-electron chi connectivity index (χ1n) is 4.99. The Bertz CT molecular complexity index is 258. The predicted molar refractivity (Wildman–Crippen MR) is 59.5 cm³/mol. The summed E-state index contributed by atoms with van der Waals surface area (Å²) in [6.45, 7) is 3.06. The van der Waals surface area contributed by atoms with Crippen LogP contribution in [0.15, 0.2) is 4.99 Å². The van der Waals surface area contributed by atoms with E-state index in [0.717, 1.165) is 5.84 Å². The molecule has 1 aliphatic heterocycles. The minimum atomic E-state index is -0.0308. The summed E-state index contributed by atoms with van der Waals surface area (Å²) in [4.78, 5) is 17.7. The highest BCUT2D eigenvalue weighted by Gasteiger charge is 2.34. The molecule has 0 saturated carbocycles. The molecular weight excluding hydrogens is 194 g/mol. The zero-order chi connectivity index (χ0) is 11.6. The Labute approximate surface area is 90.3 Å². The molecule has 1 rings (SSSR count). The first kappa shape index (κ1) is 11.8. The largest absolute Gasteiger partial charge is 0.338 e. The summed E-state index contributed by atoms with van der Waals surface area (Å²) >= 11 is 0. The lowest BCUT2D eigenvalue weighted by atomic mass is 10.2. The minimum absolute atomic E-state index is 0.00903. The van der Waals surface area contributed by atoms with Crippen molar-refractivity contribution in [3.05, 3.63) is 0 Å². The molecule has 1 aliphatic rings. The zero-order valence-electron chi connectivity index (χ0n) is 9.77. The van der Waals surface area contributed by atoms with Gasteiger partial charge in [0.2, 0.25) is 0 Å². The summed E-state index contributed by atoms with van der Waals surface area (Å²) in [6.07, 6.45) is 0. The number of aliphatic imine (C=N–C) groups is 1. The second kappa shape index (κ2) is 4.48. The fourth-order valence-corrected chi connectivity index (χ4v) is 1.53. The molecule has 0 bridgehead atoms. The SMILES string of the molecule is CC1C(=NCCN)N(C)N(C)C(=O)N1C. The van der Waals surface area contributed by atoms with Crippen LogP contribution in [0.3, 0.4) is 0 Å². The van der Waals surface area contributed by atoms with Crippen LogP contribution >= 0.6 is 0 Å². The van der Waals surface area contributed by atoms with E-state index in [-0.39, 0.29) is 12.1 Å². The van der Waals surface area contributed by atoms with Crippen LogP contribution in [-0.2, 0) is 0 Å². The summed E-state index contributed by atoms with van der Waals surface area (Å²) in [5.41, 5.74) is 5.41. The van der Waals surface area contributed by atoms with Crippen LogP contribution in [0.1, 0.15) is 6.92 Å². The number of carbonyl (C=O) groups is 1. The van der Waals surface area contributed by atoms with Gasteiger partial charge in [-0.2, -0.15) is 0 Å². The Morgan fingerprint density at radius 3 is 2.47 bits per heavy atom. The maximum atomic E-state index is 11.7. The Kier molecular flexibility index (Phi) is 3.52. The van der Waals surface area contributed by atoms with Crippen LogP contribution in [0.2, 0.25) is 0 Å². The molecule has 1 fully saturated rings. The monoisotopic (exact) mass is 213 g/mol. The van der Waals surface area contributed by atoms with E-state index in [9.17, 15) is 4.79 Å². The second-order valence-electron chi connectivity index (χ2n) is 3.65. The molecule has 6 nitrogen and oxygen atoms in total. The highest BCUT2D eigenvalue weighted by Crippen LogP contribution is 2.14. The molecule has 0 spiro atoms. The standard InChI is InChI=1S/C9H19N5O/c1-7-8(11-6-5-10)13(3)14(4)9(15)12(7)2/h7H,5-6,10H2,1-4H3. The number of urea groups is 1. The van der Waals surface area contributed by atoms with Gasteiger partial charge in [0, 0.05) is 27.7 Å². The number of rotatable bonds is 2. The summed E-state index contributed by atoms with van der Waals surface area (Å²) in [6, 6.07) is -0.0399. The molecular formula is C9H19N5O. The van der Waals surface area contributed by atoms with Gasteiger partial charge in [0.25, 0.3) is 0 Å². The molecule has 2 N–H and O–H groups in total. The molecule has 86 valence electrons. The molecule has 1 saturated heterocycles. The van der Waals surface area contributed by atoms with Gasteiger partial charge in [-0.25, -0.2) is 9.80 Å². The van der Waals surface area contributed by atoms with Gasteiger partial charge in [-0.05, 0) is 6.92 Å². The number of hydrogen-bond donors (Lipinski definition) is 1. The van der Waals surface area contributed by atoms with Gasteiger partial charge in [0.1, 0.15) is 5.84 Å². The smallest absolute Gasteiger partial charge is 0.329 e. The predicted octanol–water partition coefficient (Wildman–Crippen LogP) is -0.424. The van der Waals surface area contributed by atoms with Crippen molar-refractivity contribution >= 4 is 11.9 Å². The van der Waals surface area contributed by atoms with Gasteiger partial charge in [-0.3, -0.25) is 10.0 Å². The van der Waals surface area contributed by atoms with Crippen LogP contribution in [0, 0.1) is 0 Å². The van der Waals surface area contributed by atoms with Gasteiger partial charge in [0.05, 0.1) is 12.6 Å². The molecule has 0 aliphatic carbocycles. The van der Waals surface area contributed by atoms with Crippen LogP contribution in [0.4, 0.5) is 4.79 Å². The summed E-state index contributed by atoms with van der Waals surface area (Å²) in [7, 11) is 5.33. The summed E-state index contributed by atoms with van der Waals surface area (Å²) in [5.74, 6) is 0.866. The van der Waals surface area contributed by atoms with E-state index in [0.29, 0.717) is 13.1 Å². The molecule has 0 aromatic rings. The van der Waals surface area contributed by atoms with Crippen molar-refractivity contribution in [3.8, 4) is 0 Å². The van der Waals surface area contributed by atoms with Crippen molar-refractivity contribution < 1.29 is 4.79 Å². The number of amides is 2. The molecule has 0 aromatic carbocycles. The molecule has 1 atom stereocenters. The van der Waals surface area contributed by atoms with Crippen molar-refractivity contribution in [3.63, 3.8) is 0 Å². The molecule has 1 unspecified atom stereocenters. The van der Waals surface area contributed by atoms with Crippen LogP contribution in [-0.4, -0.2) is 67.1 Å². The topological polar surface area (TPSA) is 65.2 Å². The van der Waals surface area contributed by atoms with Crippen molar-refractivity contribution in [1.29, 1.82) is 0 Å². The van der Waals surface area contributed by atoms with Gasteiger partial charge < -0.3 is 10.6 Å². The van der Waals surface area contributed by atoms with E-state index in [1.54, 1.807) is 24.0 Å². The highest BCUT2D eigenvalue weighted by atomic mass is 16.2. The summed E-state index contributed by atoms with van der Waals surface area (Å²) < 4.78 is 0. The Morgan fingerprint density at radius 2 is 1.93 bits per heavy atom. The number of nitrogens with zero attached hydrogens (tertiary/aromatic N) is 4. The Morgan fingerprint density at radius 1 is 1.33 bits per heavy atom. The maximum Gasteiger partial charge on any atom is 0.338 e. The van der Waals surface area contributed by atoms with Crippen molar-refractivity contribution in [2.45, 2.75) is 13.0 Å². The van der Waals surface area contributed by atoms with Crippen molar-refractivity contribution in [2.24, 2.45) is 10.7 Å². The third-order valence-electron chi connectivity index (χ3n) is 2.72. The van der Waals surface area contributed by atoms with E-state index < -0.39 is 0 Å². The van der Waals surface area contributed by atoms with Gasteiger partial charge in [0.15, 0.2) is 0 Å². The number of hydrogen-bond acceptors (Lipinski definition) is 3. The van der Waals surface area contributed by atoms with Gasteiger partial charge in [-0.15, -0.1) is 0 Å². The highest BCUT2D eigenvalue weighted by molar-refractivity contribution is 5.94. The Balaban J connectivity index is 2.91. The van der Waals surface area contributed by atoms with E-state index in [1.165, 1.54) is 5.01 Å². The van der Waals surface area contributed by atoms with Crippen molar-refractivity contribution in [2.75, 3.05) is 34.2 Å². The van der Waals surface area contributed by atoms with E-state index in [1.807, 2.05) is 14.0 Å². The molecule has 0 radical (unpaired) electrons. The molecule has 6 heteroatoms. The normalized spacial score (nSPS) is 25.4. The number of likely N-dealkylation sites (N-methyl/N-ethyl adjacent to an activating group) is 2. The number of nitrogens with two attached hydrogens (primary N) is 1. The first-order chi connectivity index (χ1) is 7.00. The zero-order valence-corrected chi connectivity index (χ0v) is 9.77. The second-order valence-corrected chi connectivity index (χ2v) is 3.65. The third kappa shape index (κ3) is 2.04. The van der Waals surface area contributed by atoms with Crippen LogP contribution in [0.5, 0.6) is 0 Å². The van der Waals surface area contributed by atoms with Crippen LogP contribution in [0.25, 0.3) is 0 Å². The fourth-order valence-electron chi connectivity index (χ4n) is 1.53. The number of hydrazine groups is 1. The molecule has 2 amide bonds. The number of carbonyl (C=O) groups excluding carboxylic acids is 1. The third-order valence-corrected chi connectivity index (χ3v) is 2.72. The number of amidine groups is 1. The lowest BCUT2D eigenvalue weighted by Gasteiger charge is -2.43. The maximum absolute atomic E-state index is 11.7. The van der Waals surface area contributed by atoms with E-state index in [4.69, 9.17) is 5.73 Å². The van der Waals surface area contributed by atoms with Gasteiger partial charge in [-0.1, -0.05) is 0 Å². The molecule has 15 heavy (non-hydrogen) atoms. The van der Waals surface area contributed by atoms with E-state index >= 15 is 0 Å². The average Bonchev–Trinajstić information content (AvgIpc) is 2.24. The van der Waals surface area contributed by atoms with E-state index in [2.05, 4.69) is 4.99 Å². The molecule has 0 aromatic heterocycles.